The lowest BCUT2D eigenvalue weighted by Gasteiger charge is -2.46. The van der Waals surface area contributed by atoms with Crippen molar-refractivity contribution >= 4 is 26.8 Å². The molecule has 3 aromatic rings. The van der Waals surface area contributed by atoms with E-state index in [0.717, 1.165) is 16.4 Å². The molecule has 1 N–H and O–H groups in total. The molecule has 1 unspecified atom stereocenters. The summed E-state index contributed by atoms with van der Waals surface area (Å²) >= 11 is 3.60. The highest BCUT2D eigenvalue weighted by atomic mass is 79.9. The largest absolute Gasteiger partial charge is 0.375 e. The standard InChI is InChI=1S/C22H22BrFN2O/c1-14-9-18-17-7-2-3-8-19(17)25-20(18)21(15-5-4-6-16(23)10-15)26(14)11-22(24)12-27-13-22/h2-8,10,14,21,25H,9,11-13H2,1H3/t14-,21?/m1/s1. The van der Waals surface area contributed by atoms with Crippen LogP contribution in [-0.2, 0) is 11.2 Å². The van der Waals surface area contributed by atoms with Gasteiger partial charge >= 0.3 is 0 Å². The van der Waals surface area contributed by atoms with Crippen molar-refractivity contribution < 1.29 is 9.13 Å². The number of fused-ring (bicyclic) bond motifs is 3. The number of hydrogen-bond acceptors (Lipinski definition) is 2. The molecule has 0 aliphatic carbocycles. The quantitative estimate of drug-likeness (QED) is 0.635. The van der Waals surface area contributed by atoms with E-state index in [1.165, 1.54) is 22.2 Å². The molecule has 2 aliphatic heterocycles. The molecule has 3 heterocycles. The highest BCUT2D eigenvalue weighted by Crippen LogP contribution is 2.42. The number of H-pyrrole nitrogens is 1. The van der Waals surface area contributed by atoms with E-state index in [1.54, 1.807) is 0 Å². The Hall–Kier alpha value is -1.69. The van der Waals surface area contributed by atoms with Gasteiger partial charge in [0.2, 0.25) is 0 Å². The van der Waals surface area contributed by atoms with Gasteiger partial charge in [-0.25, -0.2) is 4.39 Å². The predicted molar refractivity (Wildman–Crippen MR) is 109 cm³/mol. The SMILES string of the molecule is C[C@@H]1Cc2c([nH]c3ccccc23)C(c2cccc(Br)c2)N1CC1(F)COC1. The van der Waals surface area contributed by atoms with Gasteiger partial charge in [-0.1, -0.05) is 46.3 Å². The first-order chi connectivity index (χ1) is 13.0. The minimum Gasteiger partial charge on any atom is -0.375 e. The van der Waals surface area contributed by atoms with E-state index < -0.39 is 5.67 Å². The number of rotatable bonds is 3. The van der Waals surface area contributed by atoms with Crippen LogP contribution in [0.4, 0.5) is 4.39 Å². The van der Waals surface area contributed by atoms with E-state index >= 15 is 4.39 Å². The molecule has 0 radical (unpaired) electrons. The minimum absolute atomic E-state index is 0.00174. The monoisotopic (exact) mass is 428 g/mol. The average molecular weight is 429 g/mol. The second-order valence-electron chi connectivity index (χ2n) is 7.89. The van der Waals surface area contributed by atoms with E-state index in [1.807, 2.05) is 6.07 Å². The van der Waals surface area contributed by atoms with Gasteiger partial charge < -0.3 is 9.72 Å². The maximum absolute atomic E-state index is 15.0. The van der Waals surface area contributed by atoms with Gasteiger partial charge in [0.15, 0.2) is 5.67 Å². The molecular weight excluding hydrogens is 407 g/mol. The summed E-state index contributed by atoms with van der Waals surface area (Å²) in [5.74, 6) is 0. The Morgan fingerprint density at radius 2 is 2.04 bits per heavy atom. The molecule has 0 spiro atoms. The molecule has 0 amide bonds. The second-order valence-corrected chi connectivity index (χ2v) is 8.81. The molecule has 5 rings (SSSR count). The first-order valence-corrected chi connectivity index (χ1v) is 10.2. The lowest BCUT2D eigenvalue weighted by Crippen LogP contribution is -2.57. The third-order valence-electron chi connectivity index (χ3n) is 5.87. The summed E-state index contributed by atoms with van der Waals surface area (Å²) in [6.45, 7) is 2.99. The van der Waals surface area contributed by atoms with Crippen molar-refractivity contribution in [3.8, 4) is 0 Å². The Labute approximate surface area is 166 Å². The fourth-order valence-electron chi connectivity index (χ4n) is 4.53. The second kappa shape index (κ2) is 6.43. The Balaban J connectivity index is 1.67. The van der Waals surface area contributed by atoms with Gasteiger partial charge in [-0.05, 0) is 42.7 Å². The summed E-state index contributed by atoms with van der Waals surface area (Å²) in [7, 11) is 0. The van der Waals surface area contributed by atoms with Crippen LogP contribution in [0.2, 0.25) is 0 Å². The molecular formula is C22H22BrFN2O. The molecule has 0 bridgehead atoms. The molecule has 3 nitrogen and oxygen atoms in total. The summed E-state index contributed by atoms with van der Waals surface area (Å²) in [5, 5.41) is 1.28. The average Bonchev–Trinajstić information content (AvgIpc) is 2.99. The van der Waals surface area contributed by atoms with Gasteiger partial charge in [-0.15, -0.1) is 0 Å². The fraction of sp³-hybridized carbons (Fsp3) is 0.364. The van der Waals surface area contributed by atoms with Gasteiger partial charge in [-0.3, -0.25) is 4.90 Å². The predicted octanol–water partition coefficient (Wildman–Crippen LogP) is 5.00. The van der Waals surface area contributed by atoms with Crippen molar-refractivity contribution in [1.29, 1.82) is 0 Å². The maximum atomic E-state index is 15.0. The van der Waals surface area contributed by atoms with E-state index in [2.05, 4.69) is 75.2 Å². The molecule has 0 saturated carbocycles. The first-order valence-electron chi connectivity index (χ1n) is 9.41. The number of hydrogen-bond donors (Lipinski definition) is 1. The van der Waals surface area contributed by atoms with Crippen LogP contribution in [0.15, 0.2) is 53.0 Å². The number of halogens is 2. The lowest BCUT2D eigenvalue weighted by atomic mass is 9.87. The third-order valence-corrected chi connectivity index (χ3v) is 6.36. The van der Waals surface area contributed by atoms with Crippen molar-refractivity contribution in [2.75, 3.05) is 19.8 Å². The third kappa shape index (κ3) is 2.93. The van der Waals surface area contributed by atoms with Crippen molar-refractivity contribution in [1.82, 2.24) is 9.88 Å². The summed E-state index contributed by atoms with van der Waals surface area (Å²) in [4.78, 5) is 5.95. The zero-order chi connectivity index (χ0) is 18.6. The molecule has 2 atom stereocenters. The topological polar surface area (TPSA) is 28.3 Å². The van der Waals surface area contributed by atoms with Crippen molar-refractivity contribution in [3.05, 3.63) is 69.8 Å². The van der Waals surface area contributed by atoms with Crippen LogP contribution < -0.4 is 0 Å². The zero-order valence-corrected chi connectivity index (χ0v) is 16.8. The fourth-order valence-corrected chi connectivity index (χ4v) is 4.95. The van der Waals surface area contributed by atoms with Gasteiger partial charge in [-0.2, -0.15) is 0 Å². The summed E-state index contributed by atoms with van der Waals surface area (Å²) in [5.41, 5.74) is 3.63. The van der Waals surface area contributed by atoms with Crippen LogP contribution in [0.25, 0.3) is 10.9 Å². The van der Waals surface area contributed by atoms with Crippen molar-refractivity contribution in [2.45, 2.75) is 31.1 Å². The molecule has 5 heteroatoms. The number of aromatic amines is 1. The van der Waals surface area contributed by atoms with Gasteiger partial charge in [0, 0.05) is 33.7 Å². The zero-order valence-electron chi connectivity index (χ0n) is 15.2. The van der Waals surface area contributed by atoms with Gasteiger partial charge in [0.25, 0.3) is 0 Å². The maximum Gasteiger partial charge on any atom is 0.169 e. The minimum atomic E-state index is -1.25. The van der Waals surface area contributed by atoms with E-state index in [9.17, 15) is 0 Å². The van der Waals surface area contributed by atoms with Crippen LogP contribution in [0, 0.1) is 0 Å². The highest BCUT2D eigenvalue weighted by Gasteiger charge is 2.45. The van der Waals surface area contributed by atoms with Crippen LogP contribution in [0.1, 0.15) is 29.8 Å². The highest BCUT2D eigenvalue weighted by molar-refractivity contribution is 9.10. The van der Waals surface area contributed by atoms with Gasteiger partial charge in [0.1, 0.15) is 0 Å². The van der Waals surface area contributed by atoms with Crippen LogP contribution in [0.3, 0.4) is 0 Å². The van der Waals surface area contributed by atoms with Crippen LogP contribution in [-0.4, -0.2) is 41.4 Å². The molecule has 2 aromatic carbocycles. The van der Waals surface area contributed by atoms with E-state index in [0.29, 0.717) is 6.54 Å². The number of benzene rings is 2. The van der Waals surface area contributed by atoms with Crippen LogP contribution >= 0.6 is 15.9 Å². The van der Waals surface area contributed by atoms with E-state index in [-0.39, 0.29) is 25.3 Å². The molecule has 140 valence electrons. The van der Waals surface area contributed by atoms with Gasteiger partial charge in [0.05, 0.1) is 19.3 Å². The summed E-state index contributed by atoms with van der Waals surface area (Å²) < 4.78 is 21.2. The van der Waals surface area contributed by atoms with Crippen molar-refractivity contribution in [3.63, 3.8) is 0 Å². The Morgan fingerprint density at radius 3 is 2.78 bits per heavy atom. The first kappa shape index (κ1) is 17.4. The van der Waals surface area contributed by atoms with Crippen molar-refractivity contribution in [2.24, 2.45) is 0 Å². The number of para-hydroxylation sites is 1. The smallest absolute Gasteiger partial charge is 0.169 e. The Bertz CT molecular complexity index is 997. The molecule has 1 fully saturated rings. The number of nitrogens with one attached hydrogen (secondary N) is 1. The molecule has 1 aromatic heterocycles. The Kier molecular flexibility index (Phi) is 4.15. The molecule has 2 aliphatic rings. The summed E-state index contributed by atoms with van der Waals surface area (Å²) in [6.07, 6.45) is 0.917. The normalized spacial score (nSPS) is 24.6. The lowest BCUT2D eigenvalue weighted by molar-refractivity contribution is -0.147. The Morgan fingerprint density at radius 1 is 1.22 bits per heavy atom. The number of aromatic nitrogens is 1. The summed E-state index contributed by atoms with van der Waals surface area (Å²) in [6, 6.07) is 17.1. The number of nitrogens with zero attached hydrogens (tertiary/aromatic N) is 1. The molecule has 1 saturated heterocycles. The number of ether oxygens (including phenoxy) is 1. The molecule has 27 heavy (non-hydrogen) atoms. The van der Waals surface area contributed by atoms with Crippen LogP contribution in [0.5, 0.6) is 0 Å². The number of alkyl halides is 1. The van der Waals surface area contributed by atoms with E-state index in [4.69, 9.17) is 4.74 Å².